The fourth-order valence-corrected chi connectivity index (χ4v) is 5.53. The summed E-state index contributed by atoms with van der Waals surface area (Å²) in [5.41, 5.74) is 2.95. The summed E-state index contributed by atoms with van der Waals surface area (Å²) in [6, 6.07) is 7.92. The summed E-state index contributed by atoms with van der Waals surface area (Å²) in [6.45, 7) is 4.46. The number of thiophene rings is 1. The van der Waals surface area contributed by atoms with Crippen molar-refractivity contribution in [2.75, 3.05) is 6.61 Å². The average molecular weight is 439 g/mol. The highest BCUT2D eigenvalue weighted by Gasteiger charge is 2.23. The molecule has 0 aliphatic heterocycles. The molecule has 0 spiro atoms. The zero-order chi connectivity index (χ0) is 21.8. The number of rotatable bonds is 8. The summed E-state index contributed by atoms with van der Waals surface area (Å²) in [7, 11) is 0. The molecule has 2 heterocycles. The molecule has 0 saturated heterocycles. The number of nitrogens with zero attached hydrogens (tertiary/aromatic N) is 2. The highest BCUT2D eigenvalue weighted by molar-refractivity contribution is 7.18. The Labute approximate surface area is 187 Å². The second kappa shape index (κ2) is 9.77. The fourth-order valence-electron chi connectivity index (χ4n) is 4.28. The van der Waals surface area contributed by atoms with E-state index in [0.29, 0.717) is 17.8 Å². The number of aryl methyl sites for hydroxylation is 3. The molecule has 0 bridgehead atoms. The molecular formula is C25H30N2O3S. The lowest BCUT2D eigenvalue weighted by Gasteiger charge is -2.14. The van der Waals surface area contributed by atoms with Crippen molar-refractivity contribution >= 4 is 27.5 Å². The van der Waals surface area contributed by atoms with E-state index in [4.69, 9.17) is 9.72 Å². The van der Waals surface area contributed by atoms with Gasteiger partial charge in [0.15, 0.2) is 0 Å². The number of fused-ring (bicyclic) bond motifs is 3. The fraction of sp³-hybridized carbons (Fsp3) is 0.480. The van der Waals surface area contributed by atoms with Crippen LogP contribution in [0.15, 0.2) is 29.1 Å². The van der Waals surface area contributed by atoms with Crippen molar-refractivity contribution in [2.24, 2.45) is 0 Å². The van der Waals surface area contributed by atoms with Crippen molar-refractivity contribution in [3.8, 4) is 11.4 Å². The van der Waals surface area contributed by atoms with E-state index in [9.17, 15) is 9.59 Å². The van der Waals surface area contributed by atoms with E-state index in [1.807, 2.05) is 31.2 Å². The molecule has 1 aromatic carbocycles. The molecule has 0 saturated carbocycles. The number of hydrogen-bond acceptors (Lipinski definition) is 5. The van der Waals surface area contributed by atoms with Gasteiger partial charge in [0.05, 0.1) is 12.0 Å². The van der Waals surface area contributed by atoms with Gasteiger partial charge in [-0.1, -0.05) is 49.9 Å². The van der Waals surface area contributed by atoms with Crippen molar-refractivity contribution in [3.05, 3.63) is 50.6 Å². The Balaban J connectivity index is 1.72. The molecule has 0 N–H and O–H groups in total. The Kier molecular flexibility index (Phi) is 6.86. The van der Waals surface area contributed by atoms with E-state index in [0.717, 1.165) is 72.9 Å². The summed E-state index contributed by atoms with van der Waals surface area (Å²) in [6.07, 6.45) is 8.35. The van der Waals surface area contributed by atoms with E-state index < -0.39 is 0 Å². The normalized spacial score (nSPS) is 13.4. The number of unbranched alkanes of at least 4 members (excludes halogenated alkanes) is 3. The van der Waals surface area contributed by atoms with Crippen LogP contribution in [0, 0.1) is 6.92 Å². The molecule has 5 nitrogen and oxygen atoms in total. The second-order valence-corrected chi connectivity index (χ2v) is 9.45. The van der Waals surface area contributed by atoms with Gasteiger partial charge >= 0.3 is 5.97 Å². The molecule has 1 aliphatic rings. The summed E-state index contributed by atoms with van der Waals surface area (Å²) in [5.74, 6) is 0.167. The third-order valence-corrected chi connectivity index (χ3v) is 7.08. The monoisotopic (exact) mass is 438 g/mol. The van der Waals surface area contributed by atoms with Gasteiger partial charge < -0.3 is 4.74 Å². The first-order valence-electron chi connectivity index (χ1n) is 11.4. The van der Waals surface area contributed by atoms with Crippen molar-refractivity contribution in [2.45, 2.75) is 71.8 Å². The molecule has 3 aromatic rings. The van der Waals surface area contributed by atoms with Crippen LogP contribution in [0.1, 0.15) is 61.5 Å². The minimum atomic E-state index is -0.377. The van der Waals surface area contributed by atoms with Gasteiger partial charge in [-0.25, -0.2) is 4.98 Å². The molecule has 2 aromatic heterocycles. The van der Waals surface area contributed by atoms with Crippen LogP contribution in [0.4, 0.5) is 0 Å². The van der Waals surface area contributed by atoms with Crippen LogP contribution in [0.5, 0.6) is 0 Å². The number of hydrogen-bond donors (Lipinski definition) is 0. The summed E-state index contributed by atoms with van der Waals surface area (Å²) < 4.78 is 6.97. The smallest absolute Gasteiger partial charge is 0.326 e. The molecule has 164 valence electrons. The molecule has 0 amide bonds. The van der Waals surface area contributed by atoms with Gasteiger partial charge in [0.2, 0.25) is 0 Å². The number of carbonyl (C=O) groups is 1. The van der Waals surface area contributed by atoms with E-state index in [1.165, 1.54) is 9.44 Å². The zero-order valence-electron chi connectivity index (χ0n) is 18.4. The lowest BCUT2D eigenvalue weighted by Crippen LogP contribution is -2.28. The first-order valence-corrected chi connectivity index (χ1v) is 12.2. The molecule has 1 aliphatic carbocycles. The predicted octanol–water partition coefficient (Wildman–Crippen LogP) is 5.44. The summed E-state index contributed by atoms with van der Waals surface area (Å²) in [4.78, 5) is 33.2. The number of ether oxygens (including phenoxy) is 1. The SMILES string of the molecule is CCCCCCOC(=O)Cn1c(-c2cccc(C)c2)nc2sc3c(c2c1=O)CCCC3. The highest BCUT2D eigenvalue weighted by Crippen LogP contribution is 2.34. The molecule has 0 fully saturated rings. The second-order valence-electron chi connectivity index (χ2n) is 8.37. The maximum absolute atomic E-state index is 13.6. The Hall–Kier alpha value is -2.47. The van der Waals surface area contributed by atoms with Crippen molar-refractivity contribution in [1.82, 2.24) is 9.55 Å². The van der Waals surface area contributed by atoms with Gasteiger partial charge in [-0.15, -0.1) is 11.3 Å². The van der Waals surface area contributed by atoms with Gasteiger partial charge in [0.25, 0.3) is 5.56 Å². The molecular weight excluding hydrogens is 408 g/mol. The van der Waals surface area contributed by atoms with Crippen LogP contribution in [0.2, 0.25) is 0 Å². The number of carbonyl (C=O) groups excluding carboxylic acids is 1. The van der Waals surface area contributed by atoms with Crippen molar-refractivity contribution in [3.63, 3.8) is 0 Å². The summed E-state index contributed by atoms with van der Waals surface area (Å²) >= 11 is 1.64. The van der Waals surface area contributed by atoms with Crippen LogP contribution in [0.3, 0.4) is 0 Å². The standard InChI is InChI=1S/C25H30N2O3S/c1-3-4-5-8-14-30-21(28)16-27-23(18-11-9-10-17(2)15-18)26-24-22(25(27)29)19-12-6-7-13-20(19)31-24/h9-11,15H,3-8,12-14,16H2,1-2H3. The van der Waals surface area contributed by atoms with E-state index in [-0.39, 0.29) is 18.1 Å². The largest absolute Gasteiger partial charge is 0.464 e. The quantitative estimate of drug-likeness (QED) is 0.347. The Morgan fingerprint density at radius 1 is 1.19 bits per heavy atom. The first kappa shape index (κ1) is 21.8. The van der Waals surface area contributed by atoms with Gasteiger partial charge in [-0.2, -0.15) is 0 Å². The minimum Gasteiger partial charge on any atom is -0.464 e. The van der Waals surface area contributed by atoms with Crippen LogP contribution >= 0.6 is 11.3 Å². The van der Waals surface area contributed by atoms with Crippen molar-refractivity contribution < 1.29 is 9.53 Å². The van der Waals surface area contributed by atoms with Gasteiger partial charge in [-0.05, 0) is 50.7 Å². The van der Waals surface area contributed by atoms with Crippen LogP contribution < -0.4 is 5.56 Å². The molecule has 4 rings (SSSR count). The number of esters is 1. The Morgan fingerprint density at radius 2 is 2.03 bits per heavy atom. The Morgan fingerprint density at radius 3 is 2.84 bits per heavy atom. The number of benzene rings is 1. The maximum atomic E-state index is 13.6. The van der Waals surface area contributed by atoms with Crippen LogP contribution in [-0.4, -0.2) is 22.1 Å². The Bertz CT molecular complexity index is 1150. The number of aromatic nitrogens is 2. The summed E-state index contributed by atoms with van der Waals surface area (Å²) in [5, 5.41) is 0.701. The van der Waals surface area contributed by atoms with Gasteiger partial charge in [-0.3, -0.25) is 14.2 Å². The molecule has 0 unspecified atom stereocenters. The molecule has 0 radical (unpaired) electrons. The topological polar surface area (TPSA) is 61.2 Å². The lowest BCUT2D eigenvalue weighted by atomic mass is 9.97. The minimum absolute atomic E-state index is 0.108. The van der Waals surface area contributed by atoms with Gasteiger partial charge in [0.1, 0.15) is 17.2 Å². The van der Waals surface area contributed by atoms with Crippen LogP contribution in [-0.2, 0) is 28.9 Å². The van der Waals surface area contributed by atoms with E-state index in [1.54, 1.807) is 11.3 Å². The van der Waals surface area contributed by atoms with Gasteiger partial charge in [0, 0.05) is 10.4 Å². The van der Waals surface area contributed by atoms with E-state index in [2.05, 4.69) is 6.92 Å². The zero-order valence-corrected chi connectivity index (χ0v) is 19.2. The molecule has 6 heteroatoms. The lowest BCUT2D eigenvalue weighted by molar-refractivity contribution is -0.144. The highest BCUT2D eigenvalue weighted by atomic mass is 32.1. The average Bonchev–Trinajstić information content (AvgIpc) is 3.14. The first-order chi connectivity index (χ1) is 15.1. The predicted molar refractivity (Wildman–Crippen MR) is 126 cm³/mol. The van der Waals surface area contributed by atoms with E-state index >= 15 is 0 Å². The molecule has 31 heavy (non-hydrogen) atoms. The van der Waals surface area contributed by atoms with Crippen LogP contribution in [0.25, 0.3) is 21.6 Å². The third-order valence-electron chi connectivity index (χ3n) is 5.90. The van der Waals surface area contributed by atoms with Crippen molar-refractivity contribution in [1.29, 1.82) is 0 Å². The third kappa shape index (κ3) is 4.74. The maximum Gasteiger partial charge on any atom is 0.326 e. The molecule has 0 atom stereocenters.